The summed E-state index contributed by atoms with van der Waals surface area (Å²) in [7, 11) is 1.57. The van der Waals surface area contributed by atoms with Crippen LogP contribution in [0.25, 0.3) is 0 Å². The van der Waals surface area contributed by atoms with Crippen molar-refractivity contribution in [2.45, 2.75) is 20.1 Å². The molecule has 0 saturated heterocycles. The van der Waals surface area contributed by atoms with Crippen LogP contribution in [0.4, 0.5) is 10.5 Å². The molecule has 3 amide bonds. The fourth-order valence-corrected chi connectivity index (χ4v) is 3.00. The number of carbonyl (C=O) groups excluding carboxylic acids is 2. The normalized spacial score (nSPS) is 10.2. The molecule has 0 radical (unpaired) electrons. The van der Waals surface area contributed by atoms with Gasteiger partial charge in [0.15, 0.2) is 11.5 Å². The van der Waals surface area contributed by atoms with E-state index in [4.69, 9.17) is 9.47 Å². The Bertz CT molecular complexity index is 1050. The van der Waals surface area contributed by atoms with Gasteiger partial charge < -0.3 is 25.4 Å². The average molecular weight is 434 g/mol. The van der Waals surface area contributed by atoms with Crippen molar-refractivity contribution < 1.29 is 19.1 Å². The maximum Gasteiger partial charge on any atom is 0.319 e. The van der Waals surface area contributed by atoms with Crippen LogP contribution in [0.5, 0.6) is 11.5 Å². The number of anilines is 1. The van der Waals surface area contributed by atoms with Crippen LogP contribution < -0.4 is 25.4 Å². The van der Waals surface area contributed by atoms with Gasteiger partial charge in [0.25, 0.3) is 0 Å². The van der Waals surface area contributed by atoms with E-state index in [-0.39, 0.29) is 12.5 Å². The summed E-state index contributed by atoms with van der Waals surface area (Å²) in [5.74, 6) is 0.914. The highest BCUT2D eigenvalue weighted by atomic mass is 16.5. The van der Waals surface area contributed by atoms with Crippen LogP contribution in [0.2, 0.25) is 0 Å². The molecule has 0 spiro atoms. The van der Waals surface area contributed by atoms with Crippen LogP contribution in [0.15, 0.2) is 72.8 Å². The van der Waals surface area contributed by atoms with Crippen LogP contribution in [-0.4, -0.2) is 25.6 Å². The smallest absolute Gasteiger partial charge is 0.319 e. The second-order valence-electron chi connectivity index (χ2n) is 7.21. The molecule has 0 aliphatic rings. The molecule has 32 heavy (non-hydrogen) atoms. The highest BCUT2D eigenvalue weighted by Crippen LogP contribution is 2.28. The van der Waals surface area contributed by atoms with Gasteiger partial charge in [-0.15, -0.1) is 0 Å². The Kier molecular flexibility index (Phi) is 8.09. The minimum absolute atomic E-state index is 0.132. The number of aryl methyl sites for hydroxylation is 1. The molecule has 7 nitrogen and oxygen atoms in total. The zero-order valence-corrected chi connectivity index (χ0v) is 18.2. The van der Waals surface area contributed by atoms with E-state index in [0.29, 0.717) is 30.3 Å². The number of benzene rings is 3. The Morgan fingerprint density at radius 3 is 2.41 bits per heavy atom. The van der Waals surface area contributed by atoms with E-state index in [2.05, 4.69) is 16.0 Å². The maximum atomic E-state index is 12.1. The molecule has 3 aromatic rings. The minimum atomic E-state index is -0.438. The van der Waals surface area contributed by atoms with Crippen LogP contribution >= 0.6 is 0 Å². The minimum Gasteiger partial charge on any atom is -0.493 e. The van der Waals surface area contributed by atoms with Crippen molar-refractivity contribution in [3.05, 3.63) is 89.5 Å². The predicted molar refractivity (Wildman–Crippen MR) is 124 cm³/mol. The number of nitrogens with one attached hydrogen (secondary N) is 3. The monoisotopic (exact) mass is 433 g/mol. The fourth-order valence-electron chi connectivity index (χ4n) is 3.00. The van der Waals surface area contributed by atoms with E-state index in [1.165, 1.54) is 0 Å². The molecule has 0 heterocycles. The fraction of sp³-hybridized carbons (Fsp3) is 0.200. The third kappa shape index (κ3) is 7.05. The molecule has 0 atom stereocenters. The first-order chi connectivity index (χ1) is 15.5. The lowest BCUT2D eigenvalue weighted by molar-refractivity contribution is -0.120. The zero-order chi connectivity index (χ0) is 22.8. The van der Waals surface area contributed by atoms with Gasteiger partial charge in [0.05, 0.1) is 13.7 Å². The lowest BCUT2D eigenvalue weighted by Gasteiger charge is -2.13. The molecular formula is C25H27N3O4. The van der Waals surface area contributed by atoms with Crippen molar-refractivity contribution in [2.75, 3.05) is 19.0 Å². The maximum absolute atomic E-state index is 12.1. The van der Waals surface area contributed by atoms with Gasteiger partial charge in [-0.1, -0.05) is 48.5 Å². The highest BCUT2D eigenvalue weighted by molar-refractivity contribution is 5.92. The first-order valence-electron chi connectivity index (χ1n) is 10.3. The molecule has 166 valence electrons. The molecule has 0 bridgehead atoms. The number of hydrogen-bond acceptors (Lipinski definition) is 4. The van der Waals surface area contributed by atoms with Gasteiger partial charge in [0.1, 0.15) is 6.61 Å². The number of ether oxygens (including phenoxy) is 2. The summed E-state index contributed by atoms with van der Waals surface area (Å²) >= 11 is 0. The van der Waals surface area contributed by atoms with Gasteiger partial charge in [-0.2, -0.15) is 0 Å². The van der Waals surface area contributed by atoms with Gasteiger partial charge >= 0.3 is 6.03 Å². The van der Waals surface area contributed by atoms with Crippen molar-refractivity contribution >= 4 is 17.6 Å². The van der Waals surface area contributed by atoms with Crippen molar-refractivity contribution in [3.63, 3.8) is 0 Å². The summed E-state index contributed by atoms with van der Waals surface area (Å²) in [5.41, 5.74) is 3.62. The van der Waals surface area contributed by atoms with Gasteiger partial charge in [-0.05, 0) is 47.9 Å². The number of carbonyl (C=O) groups is 2. The first-order valence-corrected chi connectivity index (χ1v) is 10.3. The summed E-state index contributed by atoms with van der Waals surface area (Å²) in [6, 6.07) is 22.3. The van der Waals surface area contributed by atoms with Gasteiger partial charge in [-0.3, -0.25) is 4.79 Å². The number of hydrogen-bond donors (Lipinski definition) is 3. The molecule has 0 saturated carbocycles. The molecule has 3 rings (SSSR count). The number of rotatable bonds is 9. The van der Waals surface area contributed by atoms with Gasteiger partial charge in [-0.25, -0.2) is 4.79 Å². The van der Waals surface area contributed by atoms with Crippen LogP contribution in [0.3, 0.4) is 0 Å². The van der Waals surface area contributed by atoms with Crippen molar-refractivity contribution in [2.24, 2.45) is 0 Å². The average Bonchev–Trinajstić information content (AvgIpc) is 2.81. The van der Waals surface area contributed by atoms with Crippen LogP contribution in [0.1, 0.15) is 16.7 Å². The predicted octanol–water partition coefficient (Wildman–Crippen LogP) is 4.02. The molecule has 3 N–H and O–H groups in total. The second kappa shape index (κ2) is 11.4. The summed E-state index contributed by atoms with van der Waals surface area (Å²) < 4.78 is 11.3. The topological polar surface area (TPSA) is 88.7 Å². The Morgan fingerprint density at radius 1 is 0.844 bits per heavy atom. The third-order valence-corrected chi connectivity index (χ3v) is 4.64. The molecule has 3 aromatic carbocycles. The largest absolute Gasteiger partial charge is 0.493 e. The standard InChI is InChI=1S/C25H27N3O4/c1-18-7-6-10-21(13-18)28-25(30)27-16-24(29)26-15-20-11-12-22(23(14-20)31-2)32-17-19-8-4-3-5-9-19/h3-14H,15-17H2,1-2H3,(H,26,29)(H2,27,28,30). The van der Waals surface area contributed by atoms with Gasteiger partial charge in [0.2, 0.25) is 5.91 Å². The molecule has 0 aromatic heterocycles. The van der Waals surface area contributed by atoms with E-state index in [1.807, 2.05) is 73.7 Å². The van der Waals surface area contributed by atoms with Crippen molar-refractivity contribution in [1.82, 2.24) is 10.6 Å². The van der Waals surface area contributed by atoms with E-state index in [1.54, 1.807) is 13.2 Å². The van der Waals surface area contributed by atoms with E-state index in [9.17, 15) is 9.59 Å². The van der Waals surface area contributed by atoms with Crippen molar-refractivity contribution in [1.29, 1.82) is 0 Å². The Labute approximate surface area is 187 Å². The first kappa shape index (κ1) is 22.7. The lowest BCUT2D eigenvalue weighted by Crippen LogP contribution is -2.38. The highest BCUT2D eigenvalue weighted by Gasteiger charge is 2.09. The van der Waals surface area contributed by atoms with E-state index < -0.39 is 6.03 Å². The Balaban J connectivity index is 1.45. The molecule has 0 aliphatic carbocycles. The van der Waals surface area contributed by atoms with Crippen LogP contribution in [-0.2, 0) is 17.9 Å². The molecular weight excluding hydrogens is 406 g/mol. The summed E-state index contributed by atoms with van der Waals surface area (Å²) in [6.07, 6.45) is 0. The molecule has 0 aliphatic heterocycles. The molecule has 7 heteroatoms. The summed E-state index contributed by atoms with van der Waals surface area (Å²) in [4.78, 5) is 24.1. The number of urea groups is 1. The van der Waals surface area contributed by atoms with Gasteiger partial charge in [0, 0.05) is 12.2 Å². The lowest BCUT2D eigenvalue weighted by atomic mass is 10.2. The van der Waals surface area contributed by atoms with E-state index in [0.717, 1.165) is 16.7 Å². The third-order valence-electron chi connectivity index (χ3n) is 4.64. The quantitative estimate of drug-likeness (QED) is 0.476. The van der Waals surface area contributed by atoms with E-state index >= 15 is 0 Å². The number of methoxy groups -OCH3 is 1. The Hall–Kier alpha value is -4.00. The van der Waals surface area contributed by atoms with Crippen molar-refractivity contribution in [3.8, 4) is 11.5 Å². The number of amides is 3. The molecule has 0 unspecified atom stereocenters. The summed E-state index contributed by atoms with van der Waals surface area (Å²) in [5, 5.41) is 8.02. The zero-order valence-electron chi connectivity index (χ0n) is 18.2. The van der Waals surface area contributed by atoms with Crippen LogP contribution in [0, 0.1) is 6.92 Å². The summed E-state index contributed by atoms with van der Waals surface area (Å²) in [6.45, 7) is 2.54. The SMILES string of the molecule is COc1cc(CNC(=O)CNC(=O)Nc2cccc(C)c2)ccc1OCc1ccccc1. The molecule has 0 fully saturated rings. The Morgan fingerprint density at radius 2 is 1.66 bits per heavy atom. The second-order valence-corrected chi connectivity index (χ2v) is 7.21.